The van der Waals surface area contributed by atoms with E-state index in [1.165, 1.54) is 20.0 Å². The molecule has 0 aliphatic rings. The van der Waals surface area contributed by atoms with Crippen molar-refractivity contribution >= 4 is 12.1 Å². The van der Waals surface area contributed by atoms with Gasteiger partial charge < -0.3 is 18.9 Å². The van der Waals surface area contributed by atoms with E-state index in [-0.39, 0.29) is 5.91 Å². The van der Waals surface area contributed by atoms with Crippen molar-refractivity contribution in [1.82, 2.24) is 5.43 Å². The van der Waals surface area contributed by atoms with E-state index >= 15 is 0 Å². The molecule has 0 unspecified atom stereocenters. The van der Waals surface area contributed by atoms with Gasteiger partial charge in [-0.2, -0.15) is 5.10 Å². The normalized spacial score (nSPS) is 10.8. The zero-order chi connectivity index (χ0) is 25.6. The molecule has 0 heterocycles. The molecule has 3 rings (SSSR count). The molecule has 190 valence electrons. The summed E-state index contributed by atoms with van der Waals surface area (Å²) in [7, 11) is 3.14. The van der Waals surface area contributed by atoms with Gasteiger partial charge in [-0.15, -0.1) is 0 Å². The fourth-order valence-corrected chi connectivity index (χ4v) is 3.49. The summed E-state index contributed by atoms with van der Waals surface area (Å²) in [6, 6.07) is 20.4. The Bertz CT molecular complexity index is 1130. The predicted octanol–water partition coefficient (Wildman–Crippen LogP) is 6.01. The van der Waals surface area contributed by atoms with Crippen molar-refractivity contribution < 1.29 is 23.7 Å². The number of benzene rings is 3. The van der Waals surface area contributed by atoms with Gasteiger partial charge >= 0.3 is 0 Å². The number of nitrogens with one attached hydrogen (secondary N) is 1. The summed E-state index contributed by atoms with van der Waals surface area (Å²) in [6.45, 7) is 3.24. The van der Waals surface area contributed by atoms with E-state index in [4.69, 9.17) is 18.9 Å². The zero-order valence-electron chi connectivity index (χ0n) is 21.2. The third kappa shape index (κ3) is 8.05. The highest BCUT2D eigenvalue weighted by molar-refractivity contribution is 5.95. The average Bonchev–Trinajstić information content (AvgIpc) is 2.92. The maximum atomic E-state index is 12.6. The Hall–Kier alpha value is -4.00. The Morgan fingerprint density at radius 2 is 1.56 bits per heavy atom. The number of unbranched alkanes of at least 4 members (excludes halogenated alkanes) is 3. The summed E-state index contributed by atoms with van der Waals surface area (Å²) in [6.07, 6.45) is 6.12. The van der Waals surface area contributed by atoms with E-state index in [0.717, 1.165) is 24.0 Å². The Labute approximate surface area is 213 Å². The number of amides is 1. The average molecular weight is 491 g/mol. The molecule has 0 radical (unpaired) electrons. The summed E-state index contributed by atoms with van der Waals surface area (Å²) in [5, 5.41) is 4.08. The standard InChI is InChI=1S/C29H34N2O5/c1-4-5-6-10-17-35-25-15-13-23(18-27(25)33-2)20-30-31-29(32)24-14-16-26(28(19-24)34-3)36-21-22-11-8-7-9-12-22/h7-9,11-16,18-20H,4-6,10,17,21H2,1-3H3,(H,31,32). The Balaban J connectivity index is 1.56. The molecule has 0 saturated carbocycles. The van der Waals surface area contributed by atoms with Gasteiger partial charge in [-0.05, 0) is 53.9 Å². The van der Waals surface area contributed by atoms with Crippen molar-refractivity contribution in [3.63, 3.8) is 0 Å². The minimum Gasteiger partial charge on any atom is -0.493 e. The number of rotatable bonds is 14. The largest absolute Gasteiger partial charge is 0.493 e. The maximum absolute atomic E-state index is 12.6. The van der Waals surface area contributed by atoms with Gasteiger partial charge in [0.25, 0.3) is 5.91 Å². The molecule has 0 aliphatic carbocycles. The second-order valence-electron chi connectivity index (χ2n) is 8.16. The highest BCUT2D eigenvalue weighted by Crippen LogP contribution is 2.29. The molecule has 0 fully saturated rings. The quantitative estimate of drug-likeness (QED) is 0.170. The monoisotopic (exact) mass is 490 g/mol. The first-order valence-electron chi connectivity index (χ1n) is 12.1. The van der Waals surface area contributed by atoms with Crippen LogP contribution in [0.2, 0.25) is 0 Å². The maximum Gasteiger partial charge on any atom is 0.271 e. The van der Waals surface area contributed by atoms with Crippen LogP contribution in [0.3, 0.4) is 0 Å². The number of nitrogens with zero attached hydrogens (tertiary/aromatic N) is 1. The van der Waals surface area contributed by atoms with Crippen LogP contribution < -0.4 is 24.4 Å². The molecule has 0 bridgehead atoms. The predicted molar refractivity (Wildman–Crippen MR) is 141 cm³/mol. The molecule has 3 aromatic rings. The summed E-state index contributed by atoms with van der Waals surface area (Å²) >= 11 is 0. The zero-order valence-corrected chi connectivity index (χ0v) is 21.2. The fourth-order valence-electron chi connectivity index (χ4n) is 3.49. The molecular weight excluding hydrogens is 456 g/mol. The van der Waals surface area contributed by atoms with E-state index in [2.05, 4.69) is 17.5 Å². The van der Waals surface area contributed by atoms with E-state index in [0.29, 0.717) is 41.8 Å². The van der Waals surface area contributed by atoms with Crippen LogP contribution in [0.25, 0.3) is 0 Å². The Morgan fingerprint density at radius 3 is 2.31 bits per heavy atom. The molecule has 0 aromatic heterocycles. The summed E-state index contributed by atoms with van der Waals surface area (Å²) in [4.78, 5) is 12.6. The number of hydrazone groups is 1. The molecule has 0 spiro atoms. The van der Waals surface area contributed by atoms with Gasteiger partial charge in [0.2, 0.25) is 0 Å². The first kappa shape index (κ1) is 26.6. The highest BCUT2D eigenvalue weighted by Gasteiger charge is 2.11. The molecule has 1 N–H and O–H groups in total. The Morgan fingerprint density at radius 1 is 0.833 bits per heavy atom. The van der Waals surface area contributed by atoms with Gasteiger partial charge in [0.15, 0.2) is 23.0 Å². The smallest absolute Gasteiger partial charge is 0.271 e. The van der Waals surface area contributed by atoms with Crippen molar-refractivity contribution in [2.75, 3.05) is 20.8 Å². The van der Waals surface area contributed by atoms with Gasteiger partial charge in [0.05, 0.1) is 27.0 Å². The molecule has 1 amide bonds. The van der Waals surface area contributed by atoms with Crippen molar-refractivity contribution in [3.8, 4) is 23.0 Å². The number of carbonyl (C=O) groups is 1. The molecular formula is C29H34N2O5. The molecule has 7 nitrogen and oxygen atoms in total. The van der Waals surface area contributed by atoms with Gasteiger partial charge in [0.1, 0.15) is 6.61 Å². The van der Waals surface area contributed by atoms with Crippen LogP contribution in [0.1, 0.15) is 54.1 Å². The molecule has 3 aromatic carbocycles. The van der Waals surface area contributed by atoms with Crippen LogP contribution in [-0.4, -0.2) is 32.9 Å². The number of hydrogen-bond donors (Lipinski definition) is 1. The van der Waals surface area contributed by atoms with Crippen LogP contribution in [0.4, 0.5) is 0 Å². The topological polar surface area (TPSA) is 78.4 Å². The van der Waals surface area contributed by atoms with E-state index in [1.807, 2.05) is 48.5 Å². The van der Waals surface area contributed by atoms with Crippen molar-refractivity contribution in [2.45, 2.75) is 39.2 Å². The van der Waals surface area contributed by atoms with Crippen LogP contribution >= 0.6 is 0 Å². The summed E-state index contributed by atoms with van der Waals surface area (Å²) < 4.78 is 22.6. The SMILES string of the molecule is CCCCCCOc1ccc(C=NNC(=O)c2ccc(OCc3ccccc3)c(OC)c2)cc1OC. The van der Waals surface area contributed by atoms with Crippen molar-refractivity contribution in [2.24, 2.45) is 5.10 Å². The highest BCUT2D eigenvalue weighted by atomic mass is 16.5. The van der Waals surface area contributed by atoms with Crippen molar-refractivity contribution in [1.29, 1.82) is 0 Å². The number of hydrogen-bond acceptors (Lipinski definition) is 6. The van der Waals surface area contributed by atoms with Crippen LogP contribution in [-0.2, 0) is 6.61 Å². The fraction of sp³-hybridized carbons (Fsp3) is 0.310. The van der Waals surface area contributed by atoms with Crippen molar-refractivity contribution in [3.05, 3.63) is 83.4 Å². The number of ether oxygens (including phenoxy) is 4. The summed E-state index contributed by atoms with van der Waals surface area (Å²) in [5.74, 6) is 1.98. The minimum atomic E-state index is -0.363. The third-order valence-electron chi connectivity index (χ3n) is 5.49. The lowest BCUT2D eigenvalue weighted by Gasteiger charge is -2.12. The molecule has 36 heavy (non-hydrogen) atoms. The second kappa shape index (κ2) is 14.4. The number of methoxy groups -OCH3 is 2. The number of carbonyl (C=O) groups excluding carboxylic acids is 1. The van der Waals surface area contributed by atoms with Gasteiger partial charge in [-0.1, -0.05) is 56.5 Å². The van der Waals surface area contributed by atoms with E-state index in [1.54, 1.807) is 31.5 Å². The van der Waals surface area contributed by atoms with Gasteiger partial charge in [-0.25, -0.2) is 5.43 Å². The van der Waals surface area contributed by atoms with E-state index < -0.39 is 0 Å². The molecule has 0 aliphatic heterocycles. The minimum absolute atomic E-state index is 0.363. The lowest BCUT2D eigenvalue weighted by atomic mass is 10.2. The van der Waals surface area contributed by atoms with Crippen LogP contribution in [0.15, 0.2) is 71.8 Å². The first-order valence-corrected chi connectivity index (χ1v) is 12.1. The molecule has 0 saturated heterocycles. The van der Waals surface area contributed by atoms with Crippen LogP contribution in [0.5, 0.6) is 23.0 Å². The lowest BCUT2D eigenvalue weighted by molar-refractivity contribution is 0.0954. The molecule has 7 heteroatoms. The molecule has 0 atom stereocenters. The second-order valence-corrected chi connectivity index (χ2v) is 8.16. The van der Waals surface area contributed by atoms with Gasteiger partial charge in [-0.3, -0.25) is 4.79 Å². The van der Waals surface area contributed by atoms with Crippen LogP contribution in [0, 0.1) is 0 Å². The lowest BCUT2D eigenvalue weighted by Crippen LogP contribution is -2.17. The third-order valence-corrected chi connectivity index (χ3v) is 5.49. The van der Waals surface area contributed by atoms with E-state index in [9.17, 15) is 4.79 Å². The summed E-state index contributed by atoms with van der Waals surface area (Å²) in [5.41, 5.74) is 4.76. The first-order chi connectivity index (χ1) is 17.6. The van der Waals surface area contributed by atoms with Gasteiger partial charge in [0, 0.05) is 5.56 Å². The Kier molecular flexibility index (Phi) is 10.6.